The van der Waals surface area contributed by atoms with Crippen LogP contribution < -0.4 is 0 Å². The van der Waals surface area contributed by atoms with Gasteiger partial charge in [0.05, 0.1) is 0 Å². The van der Waals surface area contributed by atoms with Crippen molar-refractivity contribution in [2.45, 2.75) is 70.8 Å². The second kappa shape index (κ2) is 9.58. The summed E-state index contributed by atoms with van der Waals surface area (Å²) in [6, 6.07) is 9.78. The van der Waals surface area contributed by atoms with Crippen LogP contribution in [0.1, 0.15) is 75.5 Å². The zero-order valence-corrected chi connectivity index (χ0v) is 15.7. The summed E-state index contributed by atoms with van der Waals surface area (Å²) >= 11 is 0. The van der Waals surface area contributed by atoms with Crippen LogP contribution in [0.4, 0.5) is 0 Å². The molecule has 0 spiro atoms. The molecule has 0 amide bonds. The van der Waals surface area contributed by atoms with Gasteiger partial charge in [-0.1, -0.05) is 76.1 Å². The first-order valence-corrected chi connectivity index (χ1v) is 10.4. The highest BCUT2D eigenvalue weighted by atomic mass is 15.3. The highest BCUT2D eigenvalue weighted by Gasteiger charge is 2.31. The van der Waals surface area contributed by atoms with Gasteiger partial charge in [0.2, 0.25) is 0 Å². The Morgan fingerprint density at radius 3 is 2.46 bits per heavy atom. The number of nitrogens with zero attached hydrogens (tertiary/aromatic N) is 2. The second-order valence-corrected chi connectivity index (χ2v) is 7.78. The molecule has 2 heteroatoms. The fourth-order valence-corrected chi connectivity index (χ4v) is 4.46. The molecule has 0 bridgehead atoms. The molecule has 1 atom stereocenters. The standard InChI is InChI=1S/C22H36N2/c1-2-3-4-5-6-7-8-11-15-23-17-18-24-16-14-20-12-9-10-13-21(20)22(24)19-23/h9-10,12-13,22H,2-8,11,14-19H2,1H3. The summed E-state index contributed by atoms with van der Waals surface area (Å²) in [5.74, 6) is 0. The Morgan fingerprint density at radius 2 is 1.62 bits per heavy atom. The maximum absolute atomic E-state index is 2.72. The van der Waals surface area contributed by atoms with Crippen molar-refractivity contribution < 1.29 is 0 Å². The number of fused-ring (bicyclic) bond motifs is 3. The van der Waals surface area contributed by atoms with Gasteiger partial charge < -0.3 is 4.90 Å². The van der Waals surface area contributed by atoms with E-state index in [2.05, 4.69) is 41.0 Å². The Hall–Kier alpha value is -0.860. The van der Waals surface area contributed by atoms with Crippen LogP contribution in [0.3, 0.4) is 0 Å². The van der Waals surface area contributed by atoms with Gasteiger partial charge in [-0.05, 0) is 30.5 Å². The van der Waals surface area contributed by atoms with E-state index in [1.54, 1.807) is 11.1 Å². The highest BCUT2D eigenvalue weighted by Crippen LogP contribution is 2.32. The monoisotopic (exact) mass is 328 g/mol. The molecular formula is C22H36N2. The first-order chi connectivity index (χ1) is 11.9. The molecule has 0 aromatic heterocycles. The molecule has 24 heavy (non-hydrogen) atoms. The summed E-state index contributed by atoms with van der Waals surface area (Å²) in [5, 5.41) is 0. The number of piperazine rings is 1. The molecule has 0 N–H and O–H groups in total. The van der Waals surface area contributed by atoms with Crippen LogP contribution >= 0.6 is 0 Å². The minimum atomic E-state index is 0.651. The van der Waals surface area contributed by atoms with Gasteiger partial charge in [0, 0.05) is 32.2 Å². The minimum Gasteiger partial charge on any atom is -0.300 e. The van der Waals surface area contributed by atoms with Gasteiger partial charge >= 0.3 is 0 Å². The summed E-state index contributed by atoms with van der Waals surface area (Å²) in [7, 11) is 0. The van der Waals surface area contributed by atoms with Crippen LogP contribution in [-0.2, 0) is 6.42 Å². The second-order valence-electron chi connectivity index (χ2n) is 7.78. The van der Waals surface area contributed by atoms with Crippen LogP contribution in [0, 0.1) is 0 Å². The quantitative estimate of drug-likeness (QED) is 0.586. The van der Waals surface area contributed by atoms with Gasteiger partial charge in [-0.3, -0.25) is 4.90 Å². The molecule has 1 unspecified atom stereocenters. The van der Waals surface area contributed by atoms with Crippen molar-refractivity contribution in [2.75, 3.05) is 32.7 Å². The average molecular weight is 329 g/mol. The average Bonchev–Trinajstić information content (AvgIpc) is 2.63. The number of hydrogen-bond acceptors (Lipinski definition) is 2. The van der Waals surface area contributed by atoms with Crippen LogP contribution in [0.2, 0.25) is 0 Å². The van der Waals surface area contributed by atoms with E-state index >= 15 is 0 Å². The third-order valence-corrected chi connectivity index (χ3v) is 5.99. The van der Waals surface area contributed by atoms with Crippen LogP contribution in [0.15, 0.2) is 24.3 Å². The van der Waals surface area contributed by atoms with E-state index in [0.717, 1.165) is 0 Å². The summed E-state index contributed by atoms with van der Waals surface area (Å²) in [4.78, 5) is 5.44. The lowest BCUT2D eigenvalue weighted by atomic mass is 9.91. The Labute approximate surface area is 149 Å². The predicted molar refractivity (Wildman–Crippen MR) is 104 cm³/mol. The van der Waals surface area contributed by atoms with E-state index in [9.17, 15) is 0 Å². The first-order valence-electron chi connectivity index (χ1n) is 10.4. The maximum Gasteiger partial charge on any atom is 0.0478 e. The molecule has 2 nitrogen and oxygen atoms in total. The minimum absolute atomic E-state index is 0.651. The molecule has 0 radical (unpaired) electrons. The Bertz CT molecular complexity index is 485. The Balaban J connectivity index is 1.37. The van der Waals surface area contributed by atoms with E-state index in [-0.39, 0.29) is 0 Å². The molecule has 0 saturated carbocycles. The fraction of sp³-hybridized carbons (Fsp3) is 0.727. The molecule has 1 aromatic rings. The van der Waals surface area contributed by atoms with E-state index < -0.39 is 0 Å². The molecular weight excluding hydrogens is 292 g/mol. The van der Waals surface area contributed by atoms with Gasteiger partial charge in [0.15, 0.2) is 0 Å². The number of hydrogen-bond donors (Lipinski definition) is 0. The summed E-state index contributed by atoms with van der Waals surface area (Å²) < 4.78 is 0. The van der Waals surface area contributed by atoms with Gasteiger partial charge in [-0.2, -0.15) is 0 Å². The Morgan fingerprint density at radius 1 is 0.875 bits per heavy atom. The maximum atomic E-state index is 2.72. The first kappa shape index (κ1) is 17.9. The normalized spacial score (nSPS) is 21.5. The van der Waals surface area contributed by atoms with E-state index in [1.165, 1.54) is 90.5 Å². The van der Waals surface area contributed by atoms with Crippen molar-refractivity contribution in [3.8, 4) is 0 Å². The third-order valence-electron chi connectivity index (χ3n) is 5.99. The number of benzene rings is 1. The lowest BCUT2D eigenvalue weighted by molar-refractivity contribution is 0.0663. The molecule has 134 valence electrons. The van der Waals surface area contributed by atoms with Crippen molar-refractivity contribution in [1.29, 1.82) is 0 Å². The van der Waals surface area contributed by atoms with Crippen molar-refractivity contribution in [3.05, 3.63) is 35.4 Å². The zero-order chi connectivity index (χ0) is 16.6. The lowest BCUT2D eigenvalue weighted by Gasteiger charge is -2.45. The van der Waals surface area contributed by atoms with Gasteiger partial charge in [0.25, 0.3) is 0 Å². The lowest BCUT2D eigenvalue weighted by Crippen LogP contribution is -2.50. The largest absolute Gasteiger partial charge is 0.300 e. The van der Waals surface area contributed by atoms with Crippen LogP contribution in [0.5, 0.6) is 0 Å². The molecule has 3 rings (SSSR count). The summed E-state index contributed by atoms with van der Waals surface area (Å²) in [5.41, 5.74) is 3.19. The SMILES string of the molecule is CCCCCCCCCCN1CCN2CCc3ccccc3C2C1. The van der Waals surface area contributed by atoms with E-state index in [4.69, 9.17) is 0 Å². The molecule has 0 aliphatic carbocycles. The van der Waals surface area contributed by atoms with Crippen LogP contribution in [-0.4, -0.2) is 42.5 Å². The number of rotatable bonds is 9. The van der Waals surface area contributed by atoms with Crippen LogP contribution in [0.25, 0.3) is 0 Å². The van der Waals surface area contributed by atoms with E-state index in [0.29, 0.717) is 6.04 Å². The fourth-order valence-electron chi connectivity index (χ4n) is 4.46. The molecule has 2 aliphatic rings. The van der Waals surface area contributed by atoms with Gasteiger partial charge in [-0.25, -0.2) is 0 Å². The van der Waals surface area contributed by atoms with Crippen molar-refractivity contribution in [2.24, 2.45) is 0 Å². The highest BCUT2D eigenvalue weighted by molar-refractivity contribution is 5.33. The topological polar surface area (TPSA) is 6.48 Å². The van der Waals surface area contributed by atoms with Gasteiger partial charge in [0.1, 0.15) is 0 Å². The molecule has 1 saturated heterocycles. The third kappa shape index (κ3) is 4.83. The predicted octanol–water partition coefficient (Wildman–Crippen LogP) is 5.04. The van der Waals surface area contributed by atoms with Crippen molar-refractivity contribution >= 4 is 0 Å². The molecule has 2 heterocycles. The molecule has 1 fully saturated rings. The Kier molecular flexibility index (Phi) is 7.16. The van der Waals surface area contributed by atoms with Crippen molar-refractivity contribution in [3.63, 3.8) is 0 Å². The number of unbranched alkanes of at least 4 members (excludes halogenated alkanes) is 7. The van der Waals surface area contributed by atoms with E-state index in [1.807, 2.05) is 0 Å². The smallest absolute Gasteiger partial charge is 0.0478 e. The van der Waals surface area contributed by atoms with Crippen molar-refractivity contribution in [1.82, 2.24) is 9.80 Å². The molecule has 2 aliphatic heterocycles. The molecule has 1 aromatic carbocycles. The van der Waals surface area contributed by atoms with Gasteiger partial charge in [-0.15, -0.1) is 0 Å². The summed E-state index contributed by atoms with van der Waals surface area (Å²) in [6.45, 7) is 8.64. The zero-order valence-electron chi connectivity index (χ0n) is 15.7. The summed E-state index contributed by atoms with van der Waals surface area (Å²) in [6.07, 6.45) is 12.6.